The molecule has 0 bridgehead atoms. The van der Waals surface area contributed by atoms with Gasteiger partial charge >= 0.3 is 5.69 Å². The van der Waals surface area contributed by atoms with Gasteiger partial charge in [-0.2, -0.15) is 4.98 Å². The molecule has 3 rings (SSSR count). The predicted octanol–water partition coefficient (Wildman–Crippen LogP) is 0.338. The Labute approximate surface area is 136 Å². The minimum Gasteiger partial charge on any atom is -0.355 e. The number of aryl methyl sites for hydroxylation is 2. The molecule has 0 aromatic heterocycles. The van der Waals surface area contributed by atoms with E-state index in [0.29, 0.717) is 18.6 Å². The van der Waals surface area contributed by atoms with E-state index >= 15 is 0 Å². The van der Waals surface area contributed by atoms with Crippen molar-refractivity contribution in [1.82, 2.24) is 24.8 Å². The number of carbonyl (C=O) groups is 1. The van der Waals surface area contributed by atoms with Gasteiger partial charge in [0.05, 0.1) is 11.0 Å². The number of hydrogen-bond acceptors (Lipinski definition) is 5. The number of nitrogens with zero attached hydrogens (tertiary/aromatic N) is 3. The van der Waals surface area contributed by atoms with Gasteiger partial charge in [-0.3, -0.25) is 14.6 Å². The van der Waals surface area contributed by atoms with Crippen molar-refractivity contribution in [3.63, 3.8) is 0 Å². The van der Waals surface area contributed by atoms with E-state index in [4.69, 9.17) is 0 Å². The summed E-state index contributed by atoms with van der Waals surface area (Å²) in [5.74, 6) is 0.0606. The molecule has 124 valence electrons. The van der Waals surface area contributed by atoms with Crippen molar-refractivity contribution in [1.29, 1.82) is 0 Å². The maximum Gasteiger partial charge on any atom is 0.349 e. The highest BCUT2D eigenvalue weighted by molar-refractivity contribution is 5.81. The van der Waals surface area contributed by atoms with E-state index < -0.39 is 11.2 Å². The lowest BCUT2D eigenvalue weighted by Crippen LogP contribution is -2.31. The molecule has 1 aromatic carbocycles. The topological polar surface area (TPSA) is 110 Å². The second kappa shape index (κ2) is 5.88. The average Bonchev–Trinajstić information content (AvgIpc) is 2.49. The van der Waals surface area contributed by atoms with Gasteiger partial charge in [-0.1, -0.05) is 0 Å². The molecule has 0 aliphatic carbocycles. The van der Waals surface area contributed by atoms with Crippen LogP contribution in [0.3, 0.4) is 0 Å². The van der Waals surface area contributed by atoms with Gasteiger partial charge in [0.15, 0.2) is 11.5 Å². The summed E-state index contributed by atoms with van der Waals surface area (Å²) < 4.78 is 1.75. The van der Waals surface area contributed by atoms with Gasteiger partial charge in [-0.25, -0.2) is 9.78 Å². The first-order valence-corrected chi connectivity index (χ1v) is 7.53. The van der Waals surface area contributed by atoms with Crippen molar-refractivity contribution in [2.75, 3.05) is 6.54 Å². The van der Waals surface area contributed by atoms with Gasteiger partial charge in [-0.15, -0.1) is 0 Å². The van der Waals surface area contributed by atoms with Crippen molar-refractivity contribution in [2.24, 2.45) is 0 Å². The van der Waals surface area contributed by atoms with Crippen LogP contribution in [0, 0.1) is 13.8 Å². The number of amides is 1. The summed E-state index contributed by atoms with van der Waals surface area (Å²) >= 11 is 0. The number of fused-ring (bicyclic) bond motifs is 2. The van der Waals surface area contributed by atoms with Crippen LogP contribution in [0.15, 0.2) is 21.7 Å². The molecule has 0 fully saturated rings. The minimum atomic E-state index is -0.717. The molecule has 2 heterocycles. The molecular formula is C16H17N5O3. The second-order valence-corrected chi connectivity index (χ2v) is 5.71. The third-order valence-corrected chi connectivity index (χ3v) is 3.93. The third-order valence-electron chi connectivity index (χ3n) is 3.93. The highest BCUT2D eigenvalue weighted by Gasteiger charge is 2.19. The van der Waals surface area contributed by atoms with Crippen LogP contribution in [0.5, 0.6) is 0 Å². The van der Waals surface area contributed by atoms with E-state index in [9.17, 15) is 14.4 Å². The number of benzene rings is 1. The Morgan fingerprint density at radius 3 is 2.62 bits per heavy atom. The number of aromatic amines is 1. The zero-order valence-corrected chi connectivity index (χ0v) is 13.6. The molecule has 1 amide bonds. The fraction of sp³-hybridized carbons (Fsp3) is 0.312. The first kappa shape index (κ1) is 15.9. The van der Waals surface area contributed by atoms with E-state index in [1.165, 1.54) is 6.92 Å². The predicted molar refractivity (Wildman–Crippen MR) is 89.2 cm³/mol. The highest BCUT2D eigenvalue weighted by atomic mass is 16.2. The van der Waals surface area contributed by atoms with Gasteiger partial charge in [0.2, 0.25) is 5.91 Å². The fourth-order valence-corrected chi connectivity index (χ4v) is 2.62. The Hall–Kier alpha value is -3.03. The molecule has 0 radical (unpaired) electrons. The maximum absolute atomic E-state index is 12.1. The molecule has 2 N–H and O–H groups in total. The van der Waals surface area contributed by atoms with Crippen LogP contribution < -0.4 is 16.6 Å². The van der Waals surface area contributed by atoms with E-state index in [2.05, 4.69) is 20.3 Å². The van der Waals surface area contributed by atoms with E-state index in [1.54, 1.807) is 4.57 Å². The molecule has 2 aliphatic rings. The third kappa shape index (κ3) is 2.78. The van der Waals surface area contributed by atoms with Crippen molar-refractivity contribution in [3.05, 3.63) is 44.1 Å². The number of hydrogen-bond donors (Lipinski definition) is 2. The largest absolute Gasteiger partial charge is 0.355 e. The Morgan fingerprint density at radius 1 is 1.21 bits per heavy atom. The van der Waals surface area contributed by atoms with Crippen molar-refractivity contribution in [3.8, 4) is 11.5 Å². The summed E-state index contributed by atoms with van der Waals surface area (Å²) in [6, 6.07) is 3.84. The summed E-state index contributed by atoms with van der Waals surface area (Å²) in [6.45, 7) is 6.09. The van der Waals surface area contributed by atoms with Crippen LogP contribution in [0.2, 0.25) is 0 Å². The maximum atomic E-state index is 12.1. The zero-order chi connectivity index (χ0) is 17.4. The summed E-state index contributed by atoms with van der Waals surface area (Å²) in [7, 11) is 0. The Balaban J connectivity index is 2.32. The lowest BCUT2D eigenvalue weighted by Gasteiger charge is -2.17. The molecule has 8 nitrogen and oxygen atoms in total. The summed E-state index contributed by atoms with van der Waals surface area (Å²) in [5.41, 5.74) is 2.32. The molecule has 2 aliphatic heterocycles. The minimum absolute atomic E-state index is 0.105. The normalized spacial score (nSPS) is 11.1. The molecule has 0 atom stereocenters. The van der Waals surface area contributed by atoms with E-state index in [1.807, 2.05) is 26.0 Å². The standard InChI is InChI=1S/C16H17N5O3/c1-8-6-11-12(7-9(8)2)21(5-4-17-10(3)22)14-13(18-11)15(23)20-16(24)19-14/h6-7H,4-5H2,1-3H3,(H,17,22)(H,20,23,24). The van der Waals surface area contributed by atoms with Crippen LogP contribution >= 0.6 is 0 Å². The van der Waals surface area contributed by atoms with Crippen molar-refractivity contribution < 1.29 is 4.79 Å². The van der Waals surface area contributed by atoms with Crippen molar-refractivity contribution in [2.45, 2.75) is 27.3 Å². The number of H-pyrrole nitrogens is 1. The molecule has 1 aromatic rings. The van der Waals surface area contributed by atoms with Gasteiger partial charge in [0.25, 0.3) is 5.56 Å². The summed E-state index contributed by atoms with van der Waals surface area (Å²) in [4.78, 5) is 45.2. The molecular weight excluding hydrogens is 310 g/mol. The van der Waals surface area contributed by atoms with Crippen LogP contribution in [0.4, 0.5) is 0 Å². The fourth-order valence-electron chi connectivity index (χ4n) is 2.62. The monoisotopic (exact) mass is 327 g/mol. The SMILES string of the molecule is CC(=O)NCCn1c2nc(=O)[nH]c(=O)c-2nc2cc(C)c(C)cc21. The zero-order valence-electron chi connectivity index (χ0n) is 13.6. The summed E-state index contributed by atoms with van der Waals surface area (Å²) in [5, 5.41) is 2.71. The summed E-state index contributed by atoms with van der Waals surface area (Å²) in [6.07, 6.45) is 0. The van der Waals surface area contributed by atoms with Gasteiger partial charge < -0.3 is 9.88 Å². The number of nitrogens with one attached hydrogen (secondary N) is 2. The lowest BCUT2D eigenvalue weighted by atomic mass is 10.1. The Morgan fingerprint density at radius 2 is 1.92 bits per heavy atom. The van der Waals surface area contributed by atoms with Crippen LogP contribution in [-0.2, 0) is 11.3 Å². The Kier molecular flexibility index (Phi) is 3.88. The Bertz CT molecular complexity index is 1030. The van der Waals surface area contributed by atoms with Crippen molar-refractivity contribution >= 4 is 16.9 Å². The molecule has 24 heavy (non-hydrogen) atoms. The van der Waals surface area contributed by atoms with Crippen LogP contribution in [0.25, 0.3) is 22.6 Å². The van der Waals surface area contributed by atoms with E-state index in [0.717, 1.165) is 16.6 Å². The van der Waals surface area contributed by atoms with Crippen LogP contribution in [-0.4, -0.2) is 32.0 Å². The molecule has 8 heteroatoms. The van der Waals surface area contributed by atoms with Gasteiger partial charge in [-0.05, 0) is 37.1 Å². The first-order valence-electron chi connectivity index (χ1n) is 7.53. The molecule has 0 unspecified atom stereocenters. The lowest BCUT2D eigenvalue weighted by molar-refractivity contribution is -0.118. The first-order chi connectivity index (χ1) is 11.4. The van der Waals surface area contributed by atoms with Gasteiger partial charge in [0.1, 0.15) is 0 Å². The molecule has 0 saturated heterocycles. The highest BCUT2D eigenvalue weighted by Crippen LogP contribution is 2.23. The smallest absolute Gasteiger partial charge is 0.349 e. The number of aromatic nitrogens is 4. The number of carbonyl (C=O) groups excluding carboxylic acids is 1. The molecule has 0 saturated carbocycles. The quantitative estimate of drug-likeness (QED) is 0.674. The van der Waals surface area contributed by atoms with E-state index in [-0.39, 0.29) is 17.4 Å². The van der Waals surface area contributed by atoms with Gasteiger partial charge in [0, 0.05) is 20.0 Å². The van der Waals surface area contributed by atoms with Crippen LogP contribution in [0.1, 0.15) is 18.1 Å². The average molecular weight is 327 g/mol. The number of rotatable bonds is 3. The molecule has 0 spiro atoms. The second-order valence-electron chi connectivity index (χ2n) is 5.71.